The molecule has 2 aromatic carbocycles. The molecule has 0 aliphatic carbocycles. The highest BCUT2D eigenvalue weighted by atomic mass is 32.1. The number of piperidine rings is 2. The minimum absolute atomic E-state index is 0.131. The lowest BCUT2D eigenvalue weighted by atomic mass is 10.1. The summed E-state index contributed by atoms with van der Waals surface area (Å²) in [6.45, 7) is 10.6. The lowest BCUT2D eigenvalue weighted by molar-refractivity contribution is 0.0299. The van der Waals surface area contributed by atoms with Crippen LogP contribution < -0.4 is 36.4 Å². The molecule has 18 heteroatoms. The van der Waals surface area contributed by atoms with Crippen molar-refractivity contribution in [1.82, 2.24) is 20.2 Å². The number of ether oxygens (including phenoxy) is 2. The lowest BCUT2D eigenvalue weighted by Gasteiger charge is -2.30. The topological polar surface area (TPSA) is 182 Å². The Kier molecular flexibility index (Phi) is 15.1. The van der Waals surface area contributed by atoms with Crippen molar-refractivity contribution in [2.24, 2.45) is 0 Å². The van der Waals surface area contributed by atoms with Gasteiger partial charge in [-0.25, -0.2) is 24.4 Å². The molecule has 3 aliphatic rings. The minimum Gasteiger partial charge on any atom is -0.453 e. The average Bonchev–Trinajstić information content (AvgIpc) is 3.91. The predicted octanol–water partition coefficient (Wildman–Crippen LogP) is 7.50. The minimum atomic E-state index is -0.523. The number of hydrogen-bond acceptors (Lipinski definition) is 12. The fourth-order valence-corrected chi connectivity index (χ4v) is 8.21. The molecule has 5 heterocycles. The summed E-state index contributed by atoms with van der Waals surface area (Å²) in [4.78, 5) is 63.7. The normalized spacial score (nSPS) is 15.4. The van der Waals surface area contributed by atoms with Gasteiger partial charge in [0.1, 0.15) is 5.69 Å². The Bertz CT molecular complexity index is 2020. The van der Waals surface area contributed by atoms with Crippen molar-refractivity contribution in [3.8, 4) is 0 Å². The third-order valence-electron chi connectivity index (χ3n) is 9.81. The molecule has 7 rings (SSSR count). The van der Waals surface area contributed by atoms with E-state index in [2.05, 4.69) is 77.1 Å². The van der Waals surface area contributed by atoms with E-state index in [0.717, 1.165) is 60.1 Å². The zero-order valence-corrected chi connectivity index (χ0v) is 34.9. The summed E-state index contributed by atoms with van der Waals surface area (Å²) in [5, 5.41) is 18.3. The molecule has 0 atom stereocenters. The summed E-state index contributed by atoms with van der Waals surface area (Å²) in [5.41, 5.74) is 6.98. The van der Waals surface area contributed by atoms with Crippen molar-refractivity contribution in [1.29, 1.82) is 0 Å². The second-order valence-electron chi connectivity index (χ2n) is 14.2. The van der Waals surface area contributed by atoms with Crippen LogP contribution in [0, 0.1) is 13.8 Å². The number of aryl methyl sites for hydroxylation is 2. The van der Waals surface area contributed by atoms with Gasteiger partial charge in [0.15, 0.2) is 10.3 Å². The number of anilines is 6. The van der Waals surface area contributed by atoms with Gasteiger partial charge in [-0.15, -0.1) is 22.7 Å². The number of thiazole rings is 2. The fraction of sp³-hybridized carbons (Fsp3) is 0.450. The number of urea groups is 2. The molecule has 0 saturated carbocycles. The fourth-order valence-electron chi connectivity index (χ4n) is 6.83. The van der Waals surface area contributed by atoms with Crippen LogP contribution in [0.3, 0.4) is 0 Å². The summed E-state index contributed by atoms with van der Waals surface area (Å²) < 4.78 is 9.80. The number of amides is 6. The molecule has 3 fully saturated rings. The molecule has 3 saturated heterocycles. The van der Waals surface area contributed by atoms with Gasteiger partial charge < -0.3 is 40.1 Å². The zero-order chi connectivity index (χ0) is 40.9. The number of nitrogens with zero attached hydrogens (tertiary/aromatic N) is 5. The third-order valence-corrected chi connectivity index (χ3v) is 11.4. The molecule has 2 aromatic heterocycles. The van der Waals surface area contributed by atoms with E-state index < -0.39 is 6.09 Å². The monoisotopic (exact) mass is 832 g/mol. The Morgan fingerprint density at radius 3 is 1.74 bits per heavy atom. The van der Waals surface area contributed by atoms with E-state index in [1.807, 2.05) is 24.3 Å². The highest BCUT2D eigenvalue weighted by Crippen LogP contribution is 2.31. The smallest absolute Gasteiger partial charge is 0.407 e. The van der Waals surface area contributed by atoms with Crippen molar-refractivity contribution in [2.45, 2.75) is 58.9 Å². The van der Waals surface area contributed by atoms with E-state index in [1.165, 1.54) is 68.3 Å². The van der Waals surface area contributed by atoms with E-state index in [9.17, 15) is 19.2 Å². The van der Waals surface area contributed by atoms with Gasteiger partial charge in [0.25, 0.3) is 5.91 Å². The van der Waals surface area contributed by atoms with Crippen LogP contribution in [-0.2, 0) is 16.0 Å². The van der Waals surface area contributed by atoms with Crippen LogP contribution in [0.15, 0.2) is 47.2 Å². The average molecular weight is 833 g/mol. The predicted molar refractivity (Wildman–Crippen MR) is 230 cm³/mol. The van der Waals surface area contributed by atoms with Crippen molar-refractivity contribution in [2.75, 3.05) is 90.7 Å². The van der Waals surface area contributed by atoms with E-state index in [1.54, 1.807) is 15.7 Å². The standard InChI is InChI=1S/C21H27N5O3S.C19H25N5O3S/c1-15-5-6-16(18(13-15)25-7-3-2-4-8-25)22-20(28)24-21-23-17(14-30-21)19(27)26-9-11-29-12-10-26;1-13-6-7-15(16(10-13)24-8-4-3-5-9-24)22-17(25)23-18-21-14(12-28-18)11-20-19(26)27-2/h5-6,13-14H,2-4,7-12H2,1H3,(H2,22,23,24,28);6-7,10,12H,3-5,8-9,11H2,1-2H3,(H,20,26)(H2,21,22,23,25). The summed E-state index contributed by atoms with van der Waals surface area (Å²) in [7, 11) is 1.30. The van der Waals surface area contributed by atoms with Crippen LogP contribution in [0.25, 0.3) is 0 Å². The molecule has 3 aliphatic heterocycles. The van der Waals surface area contributed by atoms with Crippen LogP contribution in [0.2, 0.25) is 0 Å². The Balaban J connectivity index is 0.000000196. The van der Waals surface area contributed by atoms with Gasteiger partial charge in [-0.3, -0.25) is 15.4 Å². The van der Waals surface area contributed by atoms with Crippen molar-refractivity contribution < 1.29 is 28.7 Å². The van der Waals surface area contributed by atoms with Crippen LogP contribution >= 0.6 is 22.7 Å². The quantitative estimate of drug-likeness (QED) is 0.113. The Morgan fingerprint density at radius 1 is 0.690 bits per heavy atom. The molecule has 4 aromatic rings. The van der Waals surface area contributed by atoms with Crippen molar-refractivity contribution >= 4 is 79.7 Å². The second kappa shape index (κ2) is 20.8. The number of carbonyl (C=O) groups is 4. The molecule has 310 valence electrons. The molecule has 58 heavy (non-hydrogen) atoms. The van der Waals surface area contributed by atoms with Crippen LogP contribution in [0.5, 0.6) is 0 Å². The van der Waals surface area contributed by atoms with Crippen molar-refractivity contribution in [3.05, 3.63) is 69.7 Å². The molecule has 6 amide bonds. The number of aromatic nitrogens is 2. The van der Waals surface area contributed by atoms with Crippen LogP contribution in [0.1, 0.15) is 65.8 Å². The first kappa shape index (κ1) is 42.2. The number of rotatable bonds is 9. The number of morpholine rings is 1. The van der Waals surface area contributed by atoms with Gasteiger partial charge in [0.05, 0.1) is 55.3 Å². The van der Waals surface area contributed by atoms with Crippen LogP contribution in [-0.4, -0.2) is 98.5 Å². The number of methoxy groups -OCH3 is 1. The van der Waals surface area contributed by atoms with Gasteiger partial charge in [-0.2, -0.15) is 0 Å². The van der Waals surface area contributed by atoms with Gasteiger partial charge in [-0.05, 0) is 87.8 Å². The number of benzene rings is 2. The maximum absolute atomic E-state index is 12.6. The maximum atomic E-state index is 12.6. The second-order valence-corrected chi connectivity index (χ2v) is 15.9. The number of carbonyl (C=O) groups excluding carboxylic acids is 4. The molecule has 0 spiro atoms. The van der Waals surface area contributed by atoms with E-state index in [4.69, 9.17) is 4.74 Å². The Morgan fingerprint density at radius 2 is 1.21 bits per heavy atom. The lowest BCUT2D eigenvalue weighted by Crippen LogP contribution is -2.40. The van der Waals surface area contributed by atoms with Crippen LogP contribution in [0.4, 0.5) is 47.4 Å². The first-order valence-corrected chi connectivity index (χ1v) is 21.4. The highest BCUT2D eigenvalue weighted by Gasteiger charge is 2.22. The Hall–Kier alpha value is -5.46. The molecule has 0 bridgehead atoms. The van der Waals surface area contributed by atoms with Gasteiger partial charge in [0, 0.05) is 50.0 Å². The highest BCUT2D eigenvalue weighted by molar-refractivity contribution is 7.14. The first-order chi connectivity index (χ1) is 28.1. The number of hydrogen-bond donors (Lipinski definition) is 5. The summed E-state index contributed by atoms with van der Waals surface area (Å²) in [6.07, 6.45) is 6.65. The number of alkyl carbamates (subject to hydrolysis) is 1. The molecule has 16 nitrogen and oxygen atoms in total. The molecular formula is C40H52N10O6S2. The van der Waals surface area contributed by atoms with Gasteiger partial charge in [-0.1, -0.05) is 12.1 Å². The van der Waals surface area contributed by atoms with E-state index >= 15 is 0 Å². The maximum Gasteiger partial charge on any atom is 0.407 e. The molecule has 5 N–H and O–H groups in total. The van der Waals surface area contributed by atoms with Gasteiger partial charge >= 0.3 is 18.2 Å². The SMILES string of the molecule is COC(=O)NCc1csc(NC(=O)Nc2ccc(C)cc2N2CCCCC2)n1.Cc1ccc(NC(=O)Nc2nc(C(=O)N3CCOCC3)cs2)c(N2CCCCC2)c1. The third kappa shape index (κ3) is 12.0. The van der Waals surface area contributed by atoms with E-state index in [0.29, 0.717) is 48.0 Å². The summed E-state index contributed by atoms with van der Waals surface area (Å²) in [6, 6.07) is 11.4. The van der Waals surface area contributed by atoms with E-state index in [-0.39, 0.29) is 24.5 Å². The van der Waals surface area contributed by atoms with Crippen molar-refractivity contribution in [3.63, 3.8) is 0 Å². The first-order valence-electron chi connectivity index (χ1n) is 19.6. The number of nitrogens with one attached hydrogen (secondary N) is 5. The Labute approximate surface area is 346 Å². The zero-order valence-electron chi connectivity index (χ0n) is 33.2. The molecule has 0 unspecified atom stereocenters. The molecule has 0 radical (unpaired) electrons. The largest absolute Gasteiger partial charge is 0.453 e. The van der Waals surface area contributed by atoms with Gasteiger partial charge in [0.2, 0.25) is 0 Å². The summed E-state index contributed by atoms with van der Waals surface area (Å²) >= 11 is 2.54. The molecular weight excluding hydrogens is 781 g/mol. The summed E-state index contributed by atoms with van der Waals surface area (Å²) in [5.74, 6) is -0.131.